The van der Waals surface area contributed by atoms with Crippen molar-refractivity contribution in [3.8, 4) is 17.1 Å². The van der Waals surface area contributed by atoms with Gasteiger partial charge in [-0.05, 0) is 62.1 Å². The molecule has 1 aliphatic rings. The van der Waals surface area contributed by atoms with Crippen LogP contribution in [0, 0.1) is 0 Å². The Morgan fingerprint density at radius 2 is 1.86 bits per heavy atom. The highest BCUT2D eigenvalue weighted by Gasteiger charge is 2.33. The molecule has 1 aliphatic carbocycles. The lowest BCUT2D eigenvalue weighted by molar-refractivity contribution is -0.137. The number of amides is 1. The molecule has 0 atom stereocenters. The van der Waals surface area contributed by atoms with Crippen molar-refractivity contribution in [1.29, 1.82) is 0 Å². The van der Waals surface area contributed by atoms with E-state index in [1.807, 2.05) is 24.3 Å². The maximum absolute atomic E-state index is 13.2. The van der Waals surface area contributed by atoms with Gasteiger partial charge in [0.25, 0.3) is 0 Å². The number of allylic oxidation sites excluding steroid dienone is 1. The fourth-order valence-electron chi connectivity index (χ4n) is 3.94. The minimum absolute atomic E-state index is 0.129. The fourth-order valence-corrected chi connectivity index (χ4v) is 4.69. The van der Waals surface area contributed by atoms with Gasteiger partial charge in [-0.1, -0.05) is 30.0 Å². The van der Waals surface area contributed by atoms with Crippen LogP contribution >= 0.6 is 11.8 Å². The third kappa shape index (κ3) is 6.25. The second-order valence-electron chi connectivity index (χ2n) is 8.13. The molecule has 0 radical (unpaired) electrons. The predicted octanol–water partition coefficient (Wildman–Crippen LogP) is 6.20. The fraction of sp³-hybridized carbons (Fsp3) is 0.320. The van der Waals surface area contributed by atoms with Gasteiger partial charge in [0.2, 0.25) is 5.91 Å². The summed E-state index contributed by atoms with van der Waals surface area (Å²) in [4.78, 5) is 12.4. The molecule has 1 heterocycles. The number of carbonyl (C=O) groups excluding carboxylic acids is 1. The third-order valence-electron chi connectivity index (χ3n) is 5.58. The Labute approximate surface area is 205 Å². The van der Waals surface area contributed by atoms with Gasteiger partial charge in [-0.3, -0.25) is 9.36 Å². The normalized spacial score (nSPS) is 14.1. The Bertz CT molecular complexity index is 1170. The summed E-state index contributed by atoms with van der Waals surface area (Å²) in [5.41, 5.74) is -0.344. The SMILES string of the molecule is C=CCn1c(SCC(=O)Nc2ccccc2C(F)(F)F)nnc1-c1ccc(OC2CCCC2)cc1. The Balaban J connectivity index is 1.43. The van der Waals surface area contributed by atoms with Crippen molar-refractivity contribution in [2.75, 3.05) is 11.1 Å². The highest BCUT2D eigenvalue weighted by atomic mass is 32.2. The summed E-state index contributed by atoms with van der Waals surface area (Å²) in [7, 11) is 0. The molecule has 1 amide bonds. The zero-order chi connectivity index (χ0) is 24.8. The standard InChI is InChI=1S/C25H25F3N4O2S/c1-2-15-32-23(17-11-13-19(14-12-17)34-18-7-3-4-8-18)30-31-24(32)35-16-22(33)29-21-10-6-5-9-20(21)25(26,27)28/h2,5-6,9-14,18H,1,3-4,7-8,15-16H2,(H,29,33). The van der Waals surface area contributed by atoms with E-state index in [-0.39, 0.29) is 17.5 Å². The third-order valence-corrected chi connectivity index (χ3v) is 6.55. The molecular formula is C25H25F3N4O2S. The summed E-state index contributed by atoms with van der Waals surface area (Å²) in [5.74, 6) is 0.702. The van der Waals surface area contributed by atoms with Crippen LogP contribution in [0.2, 0.25) is 0 Å². The quantitative estimate of drug-likeness (QED) is 0.279. The highest BCUT2D eigenvalue weighted by Crippen LogP contribution is 2.35. The number of para-hydroxylation sites is 1. The van der Waals surface area contributed by atoms with Crippen molar-refractivity contribution >= 4 is 23.4 Å². The van der Waals surface area contributed by atoms with Crippen LogP contribution in [-0.4, -0.2) is 32.5 Å². The van der Waals surface area contributed by atoms with E-state index >= 15 is 0 Å². The van der Waals surface area contributed by atoms with E-state index in [2.05, 4.69) is 22.1 Å². The van der Waals surface area contributed by atoms with Crippen molar-refractivity contribution in [1.82, 2.24) is 14.8 Å². The molecule has 35 heavy (non-hydrogen) atoms. The lowest BCUT2D eigenvalue weighted by Gasteiger charge is -2.14. The van der Waals surface area contributed by atoms with Gasteiger partial charge in [0.1, 0.15) is 5.75 Å². The van der Waals surface area contributed by atoms with E-state index in [0.717, 1.165) is 42.0 Å². The number of anilines is 1. The molecule has 6 nitrogen and oxygen atoms in total. The molecule has 0 bridgehead atoms. The summed E-state index contributed by atoms with van der Waals surface area (Å²) in [6, 6.07) is 12.5. The number of carbonyl (C=O) groups is 1. The van der Waals surface area contributed by atoms with Crippen LogP contribution in [0.3, 0.4) is 0 Å². The summed E-state index contributed by atoms with van der Waals surface area (Å²) in [6.07, 6.45) is 1.93. The minimum atomic E-state index is -4.56. The second kappa shape index (κ2) is 11.0. The molecule has 2 aromatic carbocycles. The van der Waals surface area contributed by atoms with Crippen molar-refractivity contribution in [3.05, 3.63) is 66.7 Å². The Kier molecular flexibility index (Phi) is 7.80. The molecule has 184 valence electrons. The number of aromatic nitrogens is 3. The van der Waals surface area contributed by atoms with E-state index in [1.165, 1.54) is 31.0 Å². The van der Waals surface area contributed by atoms with Crippen molar-refractivity contribution in [3.63, 3.8) is 0 Å². The molecule has 0 saturated heterocycles. The van der Waals surface area contributed by atoms with E-state index in [9.17, 15) is 18.0 Å². The van der Waals surface area contributed by atoms with Gasteiger partial charge >= 0.3 is 6.18 Å². The highest BCUT2D eigenvalue weighted by molar-refractivity contribution is 7.99. The van der Waals surface area contributed by atoms with Gasteiger partial charge in [0.05, 0.1) is 23.1 Å². The molecule has 0 aliphatic heterocycles. The summed E-state index contributed by atoms with van der Waals surface area (Å²) < 4.78 is 47.4. The molecule has 0 unspecified atom stereocenters. The van der Waals surface area contributed by atoms with Crippen LogP contribution in [0.25, 0.3) is 11.4 Å². The molecule has 1 fully saturated rings. The van der Waals surface area contributed by atoms with Gasteiger partial charge in [-0.15, -0.1) is 16.8 Å². The molecule has 1 saturated carbocycles. The minimum Gasteiger partial charge on any atom is -0.490 e. The lowest BCUT2D eigenvalue weighted by Crippen LogP contribution is -2.18. The molecule has 10 heteroatoms. The predicted molar refractivity (Wildman–Crippen MR) is 129 cm³/mol. The van der Waals surface area contributed by atoms with Crippen molar-refractivity contribution < 1.29 is 22.7 Å². The molecular weight excluding hydrogens is 477 g/mol. The van der Waals surface area contributed by atoms with Crippen LogP contribution in [0.1, 0.15) is 31.2 Å². The number of benzene rings is 2. The number of nitrogens with one attached hydrogen (secondary N) is 1. The van der Waals surface area contributed by atoms with E-state index in [1.54, 1.807) is 10.6 Å². The first-order valence-electron chi connectivity index (χ1n) is 11.2. The van der Waals surface area contributed by atoms with Gasteiger partial charge < -0.3 is 10.1 Å². The maximum Gasteiger partial charge on any atom is 0.418 e. The van der Waals surface area contributed by atoms with Gasteiger partial charge in [0.15, 0.2) is 11.0 Å². The summed E-state index contributed by atoms with van der Waals surface area (Å²) in [5, 5.41) is 11.3. The largest absolute Gasteiger partial charge is 0.490 e. The Morgan fingerprint density at radius 3 is 2.54 bits per heavy atom. The molecule has 4 rings (SSSR count). The number of alkyl halides is 3. The van der Waals surface area contributed by atoms with Crippen LogP contribution < -0.4 is 10.1 Å². The monoisotopic (exact) mass is 502 g/mol. The molecule has 1 aromatic heterocycles. The first-order chi connectivity index (χ1) is 16.8. The average Bonchev–Trinajstić information content (AvgIpc) is 3.48. The molecule has 3 aromatic rings. The van der Waals surface area contributed by atoms with Crippen molar-refractivity contribution in [2.24, 2.45) is 0 Å². The van der Waals surface area contributed by atoms with Gasteiger partial charge in [-0.2, -0.15) is 13.2 Å². The Morgan fingerprint density at radius 1 is 1.14 bits per heavy atom. The van der Waals surface area contributed by atoms with Crippen LogP contribution in [0.15, 0.2) is 66.3 Å². The number of hydrogen-bond donors (Lipinski definition) is 1. The van der Waals surface area contributed by atoms with Gasteiger partial charge in [-0.25, -0.2) is 0 Å². The zero-order valence-corrected chi connectivity index (χ0v) is 19.7. The Hall–Kier alpha value is -3.27. The number of ether oxygens (including phenoxy) is 1. The number of halogens is 3. The number of rotatable bonds is 9. The van der Waals surface area contributed by atoms with Crippen LogP contribution in [-0.2, 0) is 17.5 Å². The van der Waals surface area contributed by atoms with E-state index < -0.39 is 17.6 Å². The number of nitrogens with zero attached hydrogens (tertiary/aromatic N) is 3. The van der Waals surface area contributed by atoms with Crippen LogP contribution in [0.4, 0.5) is 18.9 Å². The average molecular weight is 503 g/mol. The zero-order valence-electron chi connectivity index (χ0n) is 18.9. The smallest absolute Gasteiger partial charge is 0.418 e. The van der Waals surface area contributed by atoms with E-state index in [4.69, 9.17) is 4.74 Å². The summed E-state index contributed by atoms with van der Waals surface area (Å²) in [6.45, 7) is 4.18. The topological polar surface area (TPSA) is 69.0 Å². The van der Waals surface area contributed by atoms with Crippen molar-refractivity contribution in [2.45, 2.75) is 49.7 Å². The molecule has 0 spiro atoms. The maximum atomic E-state index is 13.2. The summed E-state index contributed by atoms with van der Waals surface area (Å²) >= 11 is 1.09. The first kappa shape index (κ1) is 24.8. The lowest BCUT2D eigenvalue weighted by atomic mass is 10.1. The van der Waals surface area contributed by atoms with E-state index in [0.29, 0.717) is 17.5 Å². The number of thioether (sulfide) groups is 1. The molecule has 1 N–H and O–H groups in total. The number of hydrogen-bond acceptors (Lipinski definition) is 5. The second-order valence-corrected chi connectivity index (χ2v) is 9.08. The first-order valence-corrected chi connectivity index (χ1v) is 12.2. The van der Waals surface area contributed by atoms with Crippen LogP contribution in [0.5, 0.6) is 5.75 Å². The van der Waals surface area contributed by atoms with Gasteiger partial charge in [0, 0.05) is 12.1 Å².